The van der Waals surface area contributed by atoms with Crippen LogP contribution in [0, 0.1) is 0 Å². The zero-order valence-corrected chi connectivity index (χ0v) is 19.4. The molecule has 2 amide bonds. The molecule has 2 atom stereocenters. The lowest BCUT2D eigenvalue weighted by Gasteiger charge is -2.27. The predicted octanol–water partition coefficient (Wildman–Crippen LogP) is 2.12. The molecule has 0 radical (unpaired) electrons. The molecule has 2 aliphatic heterocycles. The van der Waals surface area contributed by atoms with Crippen molar-refractivity contribution in [2.75, 3.05) is 26.7 Å². The molecule has 0 spiro atoms. The molecular weight excluding hydrogens is 432 g/mol. The first-order valence-electron chi connectivity index (χ1n) is 12.1. The Morgan fingerprint density at radius 3 is 2.59 bits per heavy atom. The van der Waals surface area contributed by atoms with E-state index >= 15 is 0 Å². The highest BCUT2D eigenvalue weighted by Crippen LogP contribution is 2.35. The Morgan fingerprint density at radius 2 is 1.88 bits per heavy atom. The number of hydrogen-bond donors (Lipinski definition) is 4. The lowest BCUT2D eigenvalue weighted by atomic mass is 9.92. The molecule has 3 aliphatic rings. The number of hydrogen-bond acceptors (Lipinski definition) is 6. The van der Waals surface area contributed by atoms with Crippen LogP contribution >= 0.6 is 0 Å². The third-order valence-corrected chi connectivity index (χ3v) is 7.26. The molecule has 1 unspecified atom stereocenters. The molecule has 180 valence electrons. The molecule has 4 N–H and O–H groups in total. The molecule has 8 nitrogen and oxygen atoms in total. The van der Waals surface area contributed by atoms with Gasteiger partial charge < -0.3 is 20.1 Å². The van der Waals surface area contributed by atoms with Gasteiger partial charge in [-0.1, -0.05) is 18.2 Å². The van der Waals surface area contributed by atoms with Crippen LogP contribution in [0.4, 0.5) is 0 Å². The topological polar surface area (TPSA) is 103 Å². The number of hydrazine groups is 1. The highest BCUT2D eigenvalue weighted by molar-refractivity contribution is 5.96. The Hall–Kier alpha value is -2.94. The van der Waals surface area contributed by atoms with Crippen LogP contribution in [-0.2, 0) is 0 Å². The Morgan fingerprint density at radius 1 is 1.09 bits per heavy atom. The number of rotatable bonds is 6. The van der Waals surface area contributed by atoms with Crippen molar-refractivity contribution in [1.82, 2.24) is 21.1 Å². The number of β-amino-alcohol motifs (C(OH)–C–C–N with tert-alkyl or cyclic N) is 1. The lowest BCUT2D eigenvalue weighted by molar-refractivity contribution is 0.0715. The van der Waals surface area contributed by atoms with Crippen LogP contribution in [0.5, 0.6) is 5.75 Å². The van der Waals surface area contributed by atoms with Crippen molar-refractivity contribution in [2.24, 2.45) is 0 Å². The van der Waals surface area contributed by atoms with Crippen LogP contribution in [0.1, 0.15) is 69.5 Å². The molecule has 5 rings (SSSR count). The van der Waals surface area contributed by atoms with Gasteiger partial charge in [-0.15, -0.1) is 0 Å². The van der Waals surface area contributed by atoms with Crippen molar-refractivity contribution in [1.29, 1.82) is 0 Å². The second-order valence-corrected chi connectivity index (χ2v) is 9.51. The summed E-state index contributed by atoms with van der Waals surface area (Å²) in [5.41, 5.74) is 9.28. The highest BCUT2D eigenvalue weighted by Gasteiger charge is 2.36. The summed E-state index contributed by atoms with van der Waals surface area (Å²) < 4.78 is 5.61. The molecule has 2 aromatic rings. The summed E-state index contributed by atoms with van der Waals surface area (Å²) in [6.07, 6.45) is 3.03. The molecule has 8 heteroatoms. The second kappa shape index (κ2) is 9.74. The molecule has 3 fully saturated rings. The summed E-state index contributed by atoms with van der Waals surface area (Å²) in [6, 6.07) is 13.0. The van der Waals surface area contributed by atoms with Gasteiger partial charge in [0, 0.05) is 42.7 Å². The van der Waals surface area contributed by atoms with Gasteiger partial charge in [0.15, 0.2) is 0 Å². The molecule has 1 saturated carbocycles. The fraction of sp³-hybridized carbons (Fsp3) is 0.462. The summed E-state index contributed by atoms with van der Waals surface area (Å²) in [4.78, 5) is 27.9. The highest BCUT2D eigenvalue weighted by atomic mass is 16.5. The van der Waals surface area contributed by atoms with E-state index in [9.17, 15) is 14.7 Å². The van der Waals surface area contributed by atoms with Crippen LogP contribution in [-0.4, -0.2) is 60.7 Å². The molecule has 2 aromatic carbocycles. The summed E-state index contributed by atoms with van der Waals surface area (Å²) >= 11 is 0. The minimum atomic E-state index is -0.613. The number of nitrogens with one attached hydrogen (secondary N) is 3. The molecular formula is C26H32N4O4. The summed E-state index contributed by atoms with van der Waals surface area (Å²) in [5.74, 6) is 0.721. The van der Waals surface area contributed by atoms with Crippen LogP contribution in [0.15, 0.2) is 42.5 Å². The number of aliphatic hydroxyl groups is 1. The van der Waals surface area contributed by atoms with Crippen molar-refractivity contribution in [3.05, 3.63) is 64.7 Å². The van der Waals surface area contributed by atoms with Gasteiger partial charge in [-0.2, -0.15) is 0 Å². The standard InChI is InChI=1S/C26H32N4O4/c1-34-24-11-18(8-9-22(24)19-13-27-28-14-19)26(33)30-15-21(31)12-23(30)16-4-2-5-17(10-16)25(32)29-20-6-3-7-20/h2,4-5,8-11,19-21,23,27-28,31H,3,6-7,12-15H2,1H3,(H,29,32)/t21?,23-/m1/s1. The average Bonchev–Trinajstić information content (AvgIpc) is 3.50. The number of benzene rings is 2. The summed E-state index contributed by atoms with van der Waals surface area (Å²) in [6.45, 7) is 1.85. The minimum Gasteiger partial charge on any atom is -0.496 e. The van der Waals surface area contributed by atoms with E-state index in [1.165, 1.54) is 0 Å². The molecule has 0 bridgehead atoms. The van der Waals surface area contributed by atoms with Gasteiger partial charge >= 0.3 is 0 Å². The number of aliphatic hydroxyl groups excluding tert-OH is 1. The monoisotopic (exact) mass is 464 g/mol. The van der Waals surface area contributed by atoms with Gasteiger partial charge in [0.1, 0.15) is 5.75 Å². The number of carbonyl (C=O) groups excluding carboxylic acids is 2. The van der Waals surface area contributed by atoms with Crippen molar-refractivity contribution in [2.45, 2.75) is 49.8 Å². The van der Waals surface area contributed by atoms with Crippen LogP contribution in [0.3, 0.4) is 0 Å². The number of ether oxygens (including phenoxy) is 1. The van der Waals surface area contributed by atoms with E-state index in [1.807, 2.05) is 30.3 Å². The van der Waals surface area contributed by atoms with Crippen molar-refractivity contribution >= 4 is 11.8 Å². The first kappa shape index (κ1) is 22.8. The molecule has 1 aliphatic carbocycles. The van der Waals surface area contributed by atoms with Gasteiger partial charge in [-0.25, -0.2) is 0 Å². The SMILES string of the molecule is COc1cc(C(=O)N2CC(O)C[C@@H]2c2cccc(C(=O)NC3CCC3)c2)ccc1C1CNNC1. The maximum atomic E-state index is 13.5. The Labute approximate surface area is 199 Å². The number of nitrogens with zero attached hydrogens (tertiary/aromatic N) is 1. The average molecular weight is 465 g/mol. The van der Waals surface area contributed by atoms with Crippen molar-refractivity contribution < 1.29 is 19.4 Å². The van der Waals surface area contributed by atoms with Crippen molar-refractivity contribution in [3.8, 4) is 5.75 Å². The normalized spacial score (nSPS) is 23.1. The summed E-state index contributed by atoms with van der Waals surface area (Å²) in [7, 11) is 1.62. The Bertz CT molecular complexity index is 1060. The fourth-order valence-corrected chi connectivity index (χ4v) is 5.09. The number of carbonyl (C=O) groups is 2. The molecule has 2 heterocycles. The van der Waals surface area contributed by atoms with Gasteiger partial charge in [0.2, 0.25) is 0 Å². The van der Waals surface area contributed by atoms with E-state index in [-0.39, 0.29) is 36.4 Å². The fourth-order valence-electron chi connectivity index (χ4n) is 5.09. The summed E-state index contributed by atoms with van der Waals surface area (Å²) in [5, 5.41) is 13.5. The van der Waals surface area contributed by atoms with Gasteiger partial charge in [-0.05, 0) is 61.1 Å². The number of likely N-dealkylation sites (tertiary alicyclic amines) is 1. The van der Waals surface area contributed by atoms with E-state index in [1.54, 1.807) is 24.1 Å². The zero-order valence-electron chi connectivity index (χ0n) is 19.4. The zero-order chi connectivity index (χ0) is 23.7. The van der Waals surface area contributed by atoms with Crippen LogP contribution < -0.4 is 20.9 Å². The molecule has 2 saturated heterocycles. The number of amides is 2. The Kier molecular flexibility index (Phi) is 6.54. The maximum Gasteiger partial charge on any atom is 0.254 e. The Balaban J connectivity index is 1.37. The third-order valence-electron chi connectivity index (χ3n) is 7.26. The van der Waals surface area contributed by atoms with E-state index in [0.29, 0.717) is 23.3 Å². The molecule has 34 heavy (non-hydrogen) atoms. The van der Waals surface area contributed by atoms with E-state index in [2.05, 4.69) is 16.2 Å². The maximum absolute atomic E-state index is 13.5. The van der Waals surface area contributed by atoms with Gasteiger partial charge in [0.25, 0.3) is 11.8 Å². The first-order chi connectivity index (χ1) is 16.5. The van der Waals surface area contributed by atoms with Crippen LogP contribution in [0.25, 0.3) is 0 Å². The first-order valence-corrected chi connectivity index (χ1v) is 12.1. The van der Waals surface area contributed by atoms with E-state index in [4.69, 9.17) is 4.74 Å². The van der Waals surface area contributed by atoms with E-state index < -0.39 is 6.10 Å². The largest absolute Gasteiger partial charge is 0.496 e. The van der Waals surface area contributed by atoms with Crippen LogP contribution in [0.2, 0.25) is 0 Å². The molecule has 0 aromatic heterocycles. The smallest absolute Gasteiger partial charge is 0.254 e. The number of methoxy groups -OCH3 is 1. The minimum absolute atomic E-state index is 0.0841. The van der Waals surface area contributed by atoms with E-state index in [0.717, 1.165) is 43.5 Å². The van der Waals surface area contributed by atoms with Gasteiger partial charge in [0.05, 0.1) is 19.3 Å². The third kappa shape index (κ3) is 4.53. The quantitative estimate of drug-likeness (QED) is 0.522. The van der Waals surface area contributed by atoms with Crippen molar-refractivity contribution in [3.63, 3.8) is 0 Å². The predicted molar refractivity (Wildman–Crippen MR) is 128 cm³/mol. The second-order valence-electron chi connectivity index (χ2n) is 9.51. The lowest BCUT2D eigenvalue weighted by Crippen LogP contribution is -2.39. The van der Waals surface area contributed by atoms with Gasteiger partial charge in [-0.3, -0.25) is 20.4 Å².